The van der Waals surface area contributed by atoms with Gasteiger partial charge in [0, 0.05) is 5.41 Å². The molecule has 96 valence electrons. The number of nitrogens with zero attached hydrogens (tertiary/aromatic N) is 1. The predicted molar refractivity (Wildman–Crippen MR) is 65.7 cm³/mol. The first-order valence-corrected chi connectivity index (χ1v) is 5.55. The van der Waals surface area contributed by atoms with Crippen molar-refractivity contribution in [2.75, 3.05) is 0 Å². The molecule has 1 rings (SSSR count). The van der Waals surface area contributed by atoms with Crippen molar-refractivity contribution in [2.24, 2.45) is 0 Å². The fourth-order valence-electron chi connectivity index (χ4n) is 1.65. The molecule has 1 heterocycles. The van der Waals surface area contributed by atoms with Gasteiger partial charge in [0.2, 0.25) is 0 Å². The average Bonchev–Trinajstić information content (AvgIpc) is 2.40. The average molecular weight is 240 g/mol. The normalized spacial score (nSPS) is 12.8. The van der Waals surface area contributed by atoms with E-state index < -0.39 is 22.5 Å². The summed E-state index contributed by atoms with van der Waals surface area (Å²) in [5.41, 5.74) is -1.05. The summed E-state index contributed by atoms with van der Waals surface area (Å²) < 4.78 is 1.37. The zero-order chi connectivity index (χ0) is 13.6. The molecule has 0 aliphatic carbocycles. The Balaban J connectivity index is 3.65. The highest BCUT2D eigenvalue weighted by atomic mass is 16.4. The van der Waals surface area contributed by atoms with Crippen LogP contribution >= 0.6 is 0 Å². The molecule has 2 N–H and O–H groups in total. The van der Waals surface area contributed by atoms with E-state index in [9.17, 15) is 9.59 Å². The van der Waals surface area contributed by atoms with E-state index in [2.05, 4.69) is 5.10 Å². The van der Waals surface area contributed by atoms with Gasteiger partial charge in [-0.3, -0.25) is 9.89 Å². The number of aromatic amines is 1. The van der Waals surface area contributed by atoms with Crippen LogP contribution in [-0.2, 0) is 11.0 Å². The van der Waals surface area contributed by atoms with Crippen LogP contribution in [-0.4, -0.2) is 20.9 Å². The molecule has 0 unspecified atom stereocenters. The summed E-state index contributed by atoms with van der Waals surface area (Å²) in [6, 6.07) is 0. The molecule has 0 amide bonds. The Morgan fingerprint density at radius 3 is 1.88 bits per heavy atom. The van der Waals surface area contributed by atoms with Gasteiger partial charge >= 0.3 is 5.97 Å². The van der Waals surface area contributed by atoms with Crippen molar-refractivity contribution in [1.82, 2.24) is 9.78 Å². The molecule has 0 fully saturated rings. The molecule has 0 atom stereocenters. The number of carboxylic acid groups (broad SMARTS) is 1. The van der Waals surface area contributed by atoms with E-state index in [1.165, 1.54) is 4.68 Å². The number of rotatable bonds is 1. The highest BCUT2D eigenvalue weighted by Gasteiger charge is 2.31. The molecule has 0 saturated heterocycles. The highest BCUT2D eigenvalue weighted by molar-refractivity contribution is 5.89. The summed E-state index contributed by atoms with van der Waals surface area (Å²) in [6.07, 6.45) is 0. The molecule has 0 aromatic carbocycles. The third-order valence-electron chi connectivity index (χ3n) is 2.53. The molecular weight excluding hydrogens is 220 g/mol. The maximum Gasteiger partial charge on any atom is 0.343 e. The van der Waals surface area contributed by atoms with Crippen molar-refractivity contribution in [3.8, 4) is 0 Å². The molecule has 17 heavy (non-hydrogen) atoms. The molecule has 0 bridgehead atoms. The summed E-state index contributed by atoms with van der Waals surface area (Å²) in [7, 11) is 0. The van der Waals surface area contributed by atoms with E-state index in [1.54, 1.807) is 0 Å². The van der Waals surface area contributed by atoms with Crippen molar-refractivity contribution in [3.63, 3.8) is 0 Å². The molecule has 5 nitrogen and oxygen atoms in total. The molecule has 0 aliphatic rings. The fourth-order valence-corrected chi connectivity index (χ4v) is 1.65. The SMILES string of the molecule is CC(C)(C)c1[nH]n(C(C)(C)C)c(=O)c1C(=O)O. The molecule has 1 aromatic rings. The standard InChI is InChI=1S/C12H20N2O3/c1-11(2,3)8-7(10(16)17)9(15)14(13-8)12(4,5)6/h13H,1-6H3,(H,16,17). The van der Waals surface area contributed by atoms with Crippen LogP contribution in [0.15, 0.2) is 4.79 Å². The van der Waals surface area contributed by atoms with Gasteiger partial charge in [0.1, 0.15) is 5.56 Å². The third-order valence-corrected chi connectivity index (χ3v) is 2.53. The summed E-state index contributed by atoms with van der Waals surface area (Å²) in [5.74, 6) is -1.18. The quantitative estimate of drug-likeness (QED) is 0.787. The van der Waals surface area contributed by atoms with Crippen molar-refractivity contribution in [1.29, 1.82) is 0 Å². The fraction of sp³-hybridized carbons (Fsp3) is 0.667. The second-order valence-corrected chi connectivity index (χ2v) is 6.23. The Labute approximate surface area is 100 Å². The van der Waals surface area contributed by atoms with Gasteiger partial charge in [-0.15, -0.1) is 0 Å². The van der Waals surface area contributed by atoms with Crippen LogP contribution in [0.1, 0.15) is 57.6 Å². The van der Waals surface area contributed by atoms with E-state index in [4.69, 9.17) is 5.11 Å². The van der Waals surface area contributed by atoms with Gasteiger partial charge in [-0.25, -0.2) is 9.48 Å². The Hall–Kier alpha value is -1.52. The molecule has 0 aliphatic heterocycles. The van der Waals surface area contributed by atoms with Gasteiger partial charge in [-0.1, -0.05) is 20.8 Å². The second kappa shape index (κ2) is 3.75. The lowest BCUT2D eigenvalue weighted by Crippen LogP contribution is -2.34. The number of carbonyl (C=O) groups is 1. The zero-order valence-corrected chi connectivity index (χ0v) is 11.2. The van der Waals surface area contributed by atoms with Gasteiger partial charge in [0.15, 0.2) is 0 Å². The van der Waals surface area contributed by atoms with Crippen LogP contribution in [0, 0.1) is 0 Å². The number of aromatic carboxylic acids is 1. The smallest absolute Gasteiger partial charge is 0.343 e. The van der Waals surface area contributed by atoms with Crippen LogP contribution < -0.4 is 5.56 Å². The summed E-state index contributed by atoms with van der Waals surface area (Å²) >= 11 is 0. The summed E-state index contributed by atoms with van der Waals surface area (Å²) in [6.45, 7) is 11.2. The minimum absolute atomic E-state index is 0.160. The number of nitrogens with one attached hydrogen (secondary N) is 1. The molecule has 1 aromatic heterocycles. The monoisotopic (exact) mass is 240 g/mol. The first kappa shape index (κ1) is 13.5. The Bertz CT molecular complexity index is 495. The topological polar surface area (TPSA) is 75.1 Å². The molecular formula is C12H20N2O3. The van der Waals surface area contributed by atoms with Gasteiger partial charge in [-0.2, -0.15) is 0 Å². The van der Waals surface area contributed by atoms with Gasteiger partial charge in [0.05, 0.1) is 11.2 Å². The Kier molecular flexibility index (Phi) is 2.99. The lowest BCUT2D eigenvalue weighted by molar-refractivity contribution is 0.0692. The van der Waals surface area contributed by atoms with E-state index in [1.807, 2.05) is 41.5 Å². The van der Waals surface area contributed by atoms with Crippen LogP contribution in [0.3, 0.4) is 0 Å². The van der Waals surface area contributed by atoms with Crippen molar-refractivity contribution >= 4 is 5.97 Å². The minimum atomic E-state index is -1.18. The van der Waals surface area contributed by atoms with Crippen molar-refractivity contribution in [3.05, 3.63) is 21.6 Å². The molecule has 5 heteroatoms. The predicted octanol–water partition coefficient (Wildman–Crippen LogP) is 1.93. The van der Waals surface area contributed by atoms with Crippen molar-refractivity contribution in [2.45, 2.75) is 52.5 Å². The zero-order valence-electron chi connectivity index (χ0n) is 11.2. The van der Waals surface area contributed by atoms with E-state index in [0.717, 1.165) is 0 Å². The molecule has 0 radical (unpaired) electrons. The van der Waals surface area contributed by atoms with Crippen LogP contribution in [0.4, 0.5) is 0 Å². The van der Waals surface area contributed by atoms with Gasteiger partial charge in [-0.05, 0) is 20.8 Å². The first-order chi connectivity index (χ1) is 7.46. The van der Waals surface area contributed by atoms with Crippen LogP contribution in [0.25, 0.3) is 0 Å². The molecule has 0 saturated carbocycles. The lowest BCUT2D eigenvalue weighted by atomic mass is 9.89. The maximum atomic E-state index is 12.1. The van der Waals surface area contributed by atoms with Crippen LogP contribution in [0.5, 0.6) is 0 Å². The van der Waals surface area contributed by atoms with E-state index in [-0.39, 0.29) is 5.56 Å². The van der Waals surface area contributed by atoms with Gasteiger partial charge in [0.25, 0.3) is 5.56 Å². The number of hydrogen-bond acceptors (Lipinski definition) is 2. The van der Waals surface area contributed by atoms with E-state index >= 15 is 0 Å². The lowest BCUT2D eigenvalue weighted by Gasteiger charge is -2.21. The first-order valence-electron chi connectivity index (χ1n) is 5.55. The highest BCUT2D eigenvalue weighted by Crippen LogP contribution is 2.24. The van der Waals surface area contributed by atoms with Gasteiger partial charge < -0.3 is 5.11 Å². The number of aromatic nitrogens is 2. The maximum absolute atomic E-state index is 12.1. The summed E-state index contributed by atoms with van der Waals surface area (Å²) in [5, 5.41) is 12.1. The third kappa shape index (κ3) is 2.43. The van der Waals surface area contributed by atoms with E-state index in [0.29, 0.717) is 5.69 Å². The van der Waals surface area contributed by atoms with Crippen LogP contribution in [0.2, 0.25) is 0 Å². The Morgan fingerprint density at radius 2 is 1.65 bits per heavy atom. The van der Waals surface area contributed by atoms with Crippen molar-refractivity contribution < 1.29 is 9.90 Å². The summed E-state index contributed by atoms with van der Waals surface area (Å²) in [4.78, 5) is 23.3. The Morgan fingerprint density at radius 1 is 1.18 bits per heavy atom. The minimum Gasteiger partial charge on any atom is -0.477 e. The largest absolute Gasteiger partial charge is 0.477 e. The number of carboxylic acids is 1. The number of H-pyrrole nitrogens is 1. The number of hydrogen-bond donors (Lipinski definition) is 2. The second-order valence-electron chi connectivity index (χ2n) is 6.23. The molecule has 0 spiro atoms.